The fraction of sp³-hybridized carbons (Fsp3) is 0.333. The Balaban J connectivity index is 2.91. The molecule has 0 aromatic heterocycles. The first-order valence-corrected chi connectivity index (χ1v) is 6.58. The molecular weight excluding hydrogens is 300 g/mol. The summed E-state index contributed by atoms with van der Waals surface area (Å²) in [4.78, 5) is 14.3. The van der Waals surface area contributed by atoms with E-state index in [1.165, 1.54) is 0 Å². The van der Waals surface area contributed by atoms with Crippen molar-refractivity contribution in [2.75, 3.05) is 13.1 Å². The second kappa shape index (κ2) is 6.71. The topological polar surface area (TPSA) is 46.3 Å². The van der Waals surface area contributed by atoms with Gasteiger partial charge in [-0.15, -0.1) is 0 Å². The first kappa shape index (κ1) is 14.1. The number of nitrogens with zero attached hydrogens (tertiary/aromatic N) is 1. The normalized spacial score (nSPS) is 10.0. The van der Waals surface area contributed by atoms with Crippen LogP contribution in [-0.4, -0.2) is 28.9 Å². The van der Waals surface area contributed by atoms with Crippen molar-refractivity contribution in [3.8, 4) is 0 Å². The summed E-state index contributed by atoms with van der Waals surface area (Å²) in [7, 11) is 0. The Bertz CT molecular complexity index is 423. The largest absolute Gasteiger partial charge is 0.392 e. The molecule has 0 radical (unpaired) electrons. The van der Waals surface area contributed by atoms with Crippen molar-refractivity contribution in [2.45, 2.75) is 13.3 Å². The van der Waals surface area contributed by atoms with Crippen LogP contribution in [0.2, 0.25) is 0 Å². The third-order valence-corrected chi connectivity index (χ3v) is 3.05. The SMILES string of the molecule is CCCN(CC(N)=S)C(=O)c1ccccc1Br. The molecule has 0 atom stereocenters. The van der Waals surface area contributed by atoms with Crippen LogP contribution in [-0.2, 0) is 0 Å². The van der Waals surface area contributed by atoms with Crippen LogP contribution in [0.1, 0.15) is 23.7 Å². The maximum atomic E-state index is 12.3. The average molecular weight is 315 g/mol. The molecule has 0 bridgehead atoms. The van der Waals surface area contributed by atoms with E-state index in [0.29, 0.717) is 23.6 Å². The summed E-state index contributed by atoms with van der Waals surface area (Å²) in [6.45, 7) is 2.99. The zero-order valence-electron chi connectivity index (χ0n) is 9.65. The van der Waals surface area contributed by atoms with Crippen molar-refractivity contribution < 1.29 is 4.79 Å². The van der Waals surface area contributed by atoms with E-state index in [1.54, 1.807) is 11.0 Å². The Morgan fingerprint density at radius 2 is 2.12 bits per heavy atom. The van der Waals surface area contributed by atoms with Gasteiger partial charge in [0.05, 0.1) is 17.1 Å². The lowest BCUT2D eigenvalue weighted by Gasteiger charge is -2.22. The zero-order valence-corrected chi connectivity index (χ0v) is 12.1. The minimum Gasteiger partial charge on any atom is -0.392 e. The average Bonchev–Trinajstić information content (AvgIpc) is 2.28. The molecule has 0 aliphatic carbocycles. The van der Waals surface area contributed by atoms with Crippen LogP contribution in [0.5, 0.6) is 0 Å². The molecule has 0 spiro atoms. The Kier molecular flexibility index (Phi) is 5.58. The van der Waals surface area contributed by atoms with Crippen LogP contribution in [0.4, 0.5) is 0 Å². The first-order chi connectivity index (χ1) is 8.06. The monoisotopic (exact) mass is 314 g/mol. The van der Waals surface area contributed by atoms with E-state index < -0.39 is 0 Å². The van der Waals surface area contributed by atoms with E-state index in [4.69, 9.17) is 18.0 Å². The van der Waals surface area contributed by atoms with E-state index in [0.717, 1.165) is 10.9 Å². The van der Waals surface area contributed by atoms with Crippen molar-refractivity contribution in [1.29, 1.82) is 0 Å². The minimum atomic E-state index is -0.0490. The van der Waals surface area contributed by atoms with Gasteiger partial charge in [-0.3, -0.25) is 4.79 Å². The second-order valence-electron chi connectivity index (χ2n) is 3.67. The number of carbonyl (C=O) groups is 1. The predicted octanol–water partition coefficient (Wildman–Crippen LogP) is 2.59. The Labute approximate surface area is 115 Å². The Hall–Kier alpha value is -0.940. The number of halogens is 1. The molecule has 92 valence electrons. The van der Waals surface area contributed by atoms with Crippen molar-refractivity contribution in [3.05, 3.63) is 34.3 Å². The molecule has 0 fully saturated rings. The van der Waals surface area contributed by atoms with Crippen LogP contribution in [0.3, 0.4) is 0 Å². The summed E-state index contributed by atoms with van der Waals surface area (Å²) in [6, 6.07) is 7.34. The molecule has 2 N–H and O–H groups in total. The van der Waals surface area contributed by atoms with Gasteiger partial charge in [0, 0.05) is 11.0 Å². The Morgan fingerprint density at radius 1 is 1.47 bits per heavy atom. The number of nitrogens with two attached hydrogens (primary N) is 1. The molecule has 1 aromatic carbocycles. The van der Waals surface area contributed by atoms with E-state index in [9.17, 15) is 4.79 Å². The molecule has 0 saturated carbocycles. The standard InChI is InChI=1S/C12H15BrN2OS/c1-2-7-15(8-11(14)17)12(16)9-5-3-4-6-10(9)13/h3-6H,2,7-8H2,1H3,(H2,14,17). The van der Waals surface area contributed by atoms with Crippen LogP contribution < -0.4 is 5.73 Å². The second-order valence-corrected chi connectivity index (χ2v) is 5.05. The molecule has 3 nitrogen and oxygen atoms in total. The fourth-order valence-corrected chi connectivity index (χ4v) is 2.13. The molecule has 17 heavy (non-hydrogen) atoms. The predicted molar refractivity (Wildman–Crippen MR) is 77.1 cm³/mol. The van der Waals surface area contributed by atoms with Crippen molar-refractivity contribution in [1.82, 2.24) is 4.90 Å². The quantitative estimate of drug-likeness (QED) is 0.850. The van der Waals surface area contributed by atoms with Gasteiger partial charge in [0.2, 0.25) is 0 Å². The number of hydrogen-bond acceptors (Lipinski definition) is 2. The van der Waals surface area contributed by atoms with Crippen LogP contribution in [0.15, 0.2) is 28.7 Å². The van der Waals surface area contributed by atoms with Gasteiger partial charge in [0.15, 0.2) is 0 Å². The lowest BCUT2D eigenvalue weighted by molar-refractivity contribution is 0.0779. The minimum absolute atomic E-state index is 0.0490. The maximum absolute atomic E-state index is 12.3. The van der Waals surface area contributed by atoms with Crippen molar-refractivity contribution in [2.24, 2.45) is 5.73 Å². The van der Waals surface area contributed by atoms with E-state index >= 15 is 0 Å². The molecule has 1 aromatic rings. The third-order valence-electron chi connectivity index (χ3n) is 2.23. The maximum Gasteiger partial charge on any atom is 0.255 e. The lowest BCUT2D eigenvalue weighted by Crippen LogP contribution is -2.38. The number of amides is 1. The van der Waals surface area contributed by atoms with Gasteiger partial charge in [-0.05, 0) is 34.5 Å². The number of benzene rings is 1. The summed E-state index contributed by atoms with van der Waals surface area (Å²) in [5.74, 6) is -0.0490. The first-order valence-electron chi connectivity index (χ1n) is 5.38. The number of thiocarbonyl (C=S) groups is 1. The van der Waals surface area contributed by atoms with Gasteiger partial charge >= 0.3 is 0 Å². The van der Waals surface area contributed by atoms with E-state index in [-0.39, 0.29) is 5.91 Å². The summed E-state index contributed by atoms with van der Waals surface area (Å²) in [5.41, 5.74) is 6.14. The van der Waals surface area contributed by atoms with Crippen LogP contribution in [0.25, 0.3) is 0 Å². The molecule has 5 heteroatoms. The van der Waals surface area contributed by atoms with Gasteiger partial charge in [-0.2, -0.15) is 0 Å². The van der Waals surface area contributed by atoms with Gasteiger partial charge < -0.3 is 10.6 Å². The highest BCUT2D eigenvalue weighted by Crippen LogP contribution is 2.17. The molecule has 1 rings (SSSR count). The number of rotatable bonds is 5. The van der Waals surface area contributed by atoms with Crippen molar-refractivity contribution in [3.63, 3.8) is 0 Å². The molecule has 0 saturated heterocycles. The van der Waals surface area contributed by atoms with Crippen LogP contribution in [0, 0.1) is 0 Å². The molecule has 0 unspecified atom stereocenters. The fourth-order valence-electron chi connectivity index (χ4n) is 1.52. The van der Waals surface area contributed by atoms with E-state index in [1.807, 2.05) is 25.1 Å². The highest BCUT2D eigenvalue weighted by atomic mass is 79.9. The smallest absolute Gasteiger partial charge is 0.255 e. The highest BCUT2D eigenvalue weighted by Gasteiger charge is 2.17. The lowest BCUT2D eigenvalue weighted by atomic mass is 10.2. The zero-order chi connectivity index (χ0) is 12.8. The molecular formula is C12H15BrN2OS. The van der Waals surface area contributed by atoms with Gasteiger partial charge in [0.1, 0.15) is 0 Å². The van der Waals surface area contributed by atoms with Crippen molar-refractivity contribution >= 4 is 39.0 Å². The highest BCUT2D eigenvalue weighted by molar-refractivity contribution is 9.10. The summed E-state index contributed by atoms with van der Waals surface area (Å²) < 4.78 is 0.786. The number of carbonyl (C=O) groups excluding carboxylic acids is 1. The third kappa shape index (κ3) is 4.09. The molecule has 0 aliphatic rings. The molecule has 1 amide bonds. The summed E-state index contributed by atoms with van der Waals surface area (Å²) >= 11 is 8.23. The summed E-state index contributed by atoms with van der Waals surface area (Å²) in [5, 5.41) is 0. The van der Waals surface area contributed by atoms with Gasteiger partial charge in [0.25, 0.3) is 5.91 Å². The summed E-state index contributed by atoms with van der Waals surface area (Å²) in [6.07, 6.45) is 0.874. The molecule has 0 aliphatic heterocycles. The van der Waals surface area contributed by atoms with Gasteiger partial charge in [-0.25, -0.2) is 0 Å². The van der Waals surface area contributed by atoms with E-state index in [2.05, 4.69) is 15.9 Å². The number of hydrogen-bond donors (Lipinski definition) is 1. The Morgan fingerprint density at radius 3 is 2.65 bits per heavy atom. The van der Waals surface area contributed by atoms with Crippen LogP contribution >= 0.6 is 28.1 Å². The molecule has 0 heterocycles. The van der Waals surface area contributed by atoms with Gasteiger partial charge in [-0.1, -0.05) is 31.3 Å².